The molecule has 0 atom stereocenters. The molecule has 2 N–H and O–H groups in total. The first kappa shape index (κ1) is 12.5. The van der Waals surface area contributed by atoms with E-state index in [4.69, 9.17) is 4.55 Å². The third-order valence-electron chi connectivity index (χ3n) is 1.65. The van der Waals surface area contributed by atoms with Crippen LogP contribution in [0.25, 0.3) is 0 Å². The Kier molecular flexibility index (Phi) is 3.86. The Morgan fingerprint density at radius 2 is 2.19 bits per heavy atom. The molecule has 0 unspecified atom stereocenters. The number of carbonyl (C=O) groups is 1. The van der Waals surface area contributed by atoms with Crippen molar-refractivity contribution >= 4 is 21.9 Å². The number of ether oxygens (including phenoxy) is 1. The van der Waals surface area contributed by atoms with Crippen molar-refractivity contribution in [2.24, 2.45) is 0 Å². The fraction of sp³-hybridized carbons (Fsp3) is 0.222. The molecule has 6 nitrogen and oxygen atoms in total. The van der Waals surface area contributed by atoms with E-state index in [1.165, 1.54) is 18.2 Å². The second-order valence-corrected chi connectivity index (χ2v) is 4.27. The van der Waals surface area contributed by atoms with Crippen LogP contribution in [0.15, 0.2) is 29.2 Å². The third-order valence-corrected chi connectivity index (χ3v) is 2.50. The molecule has 0 radical (unpaired) electrons. The number of carbonyl (C=O) groups excluding carboxylic acids is 1. The monoisotopic (exact) mass is 245 g/mol. The normalized spacial score (nSPS) is 10.9. The van der Waals surface area contributed by atoms with Crippen molar-refractivity contribution in [2.45, 2.75) is 11.8 Å². The van der Waals surface area contributed by atoms with Crippen LogP contribution in [0.5, 0.6) is 0 Å². The van der Waals surface area contributed by atoms with Crippen LogP contribution < -0.4 is 5.32 Å². The lowest BCUT2D eigenvalue weighted by atomic mass is 10.3. The first-order valence-electron chi connectivity index (χ1n) is 4.45. The van der Waals surface area contributed by atoms with Crippen LogP contribution in [0.4, 0.5) is 10.5 Å². The number of rotatable bonds is 3. The van der Waals surface area contributed by atoms with Gasteiger partial charge in [-0.1, -0.05) is 6.07 Å². The number of anilines is 1. The van der Waals surface area contributed by atoms with Gasteiger partial charge in [0, 0.05) is 5.69 Å². The molecule has 0 heterocycles. The van der Waals surface area contributed by atoms with Gasteiger partial charge in [0.15, 0.2) is 0 Å². The highest BCUT2D eigenvalue weighted by Crippen LogP contribution is 2.15. The Labute approximate surface area is 93.0 Å². The van der Waals surface area contributed by atoms with Crippen molar-refractivity contribution in [2.75, 3.05) is 11.9 Å². The second-order valence-electron chi connectivity index (χ2n) is 2.85. The molecule has 0 aliphatic heterocycles. The zero-order valence-corrected chi connectivity index (χ0v) is 9.32. The van der Waals surface area contributed by atoms with Crippen LogP contribution in [0.3, 0.4) is 0 Å². The van der Waals surface area contributed by atoms with Crippen LogP contribution >= 0.6 is 0 Å². The van der Waals surface area contributed by atoms with E-state index in [1.807, 2.05) is 0 Å². The average Bonchev–Trinajstić information content (AvgIpc) is 2.17. The van der Waals surface area contributed by atoms with Gasteiger partial charge >= 0.3 is 6.09 Å². The predicted molar refractivity (Wildman–Crippen MR) is 56.9 cm³/mol. The molecule has 1 amide bonds. The summed E-state index contributed by atoms with van der Waals surface area (Å²) in [4.78, 5) is 10.7. The second kappa shape index (κ2) is 4.95. The van der Waals surface area contributed by atoms with E-state index >= 15 is 0 Å². The van der Waals surface area contributed by atoms with E-state index < -0.39 is 16.2 Å². The van der Waals surface area contributed by atoms with E-state index in [2.05, 4.69) is 10.1 Å². The zero-order valence-electron chi connectivity index (χ0n) is 8.50. The summed E-state index contributed by atoms with van der Waals surface area (Å²) in [5, 5.41) is 2.32. The van der Waals surface area contributed by atoms with Crippen molar-refractivity contribution in [1.29, 1.82) is 0 Å². The minimum Gasteiger partial charge on any atom is -0.450 e. The first-order chi connectivity index (χ1) is 7.43. The summed E-state index contributed by atoms with van der Waals surface area (Å²) >= 11 is 0. The minimum atomic E-state index is -4.27. The Balaban J connectivity index is 2.88. The van der Waals surface area contributed by atoms with Crippen molar-refractivity contribution < 1.29 is 22.5 Å². The molecule has 7 heteroatoms. The molecule has 1 aromatic rings. The Morgan fingerprint density at radius 3 is 2.75 bits per heavy atom. The number of nitrogens with one attached hydrogen (secondary N) is 1. The molecule has 0 bridgehead atoms. The minimum absolute atomic E-state index is 0.212. The van der Waals surface area contributed by atoms with Crippen molar-refractivity contribution in [1.82, 2.24) is 0 Å². The lowest BCUT2D eigenvalue weighted by Gasteiger charge is -2.05. The molecule has 0 fully saturated rings. The summed E-state index contributed by atoms with van der Waals surface area (Å²) in [6, 6.07) is 5.22. The van der Waals surface area contributed by atoms with Gasteiger partial charge in [0.1, 0.15) is 0 Å². The summed E-state index contributed by atoms with van der Waals surface area (Å²) in [6.45, 7) is 1.86. The van der Waals surface area contributed by atoms with Gasteiger partial charge in [-0.25, -0.2) is 4.79 Å². The first-order valence-corrected chi connectivity index (χ1v) is 5.89. The van der Waals surface area contributed by atoms with Crippen molar-refractivity contribution in [3.63, 3.8) is 0 Å². The van der Waals surface area contributed by atoms with Crippen LogP contribution in [-0.4, -0.2) is 25.7 Å². The summed E-state index contributed by atoms with van der Waals surface area (Å²) in [5.41, 5.74) is 0.230. The van der Waals surface area contributed by atoms with E-state index in [9.17, 15) is 13.2 Å². The SMILES string of the molecule is CCOC(=O)Nc1cccc(S(=O)(=O)O)c1. The van der Waals surface area contributed by atoms with E-state index in [0.29, 0.717) is 0 Å². The van der Waals surface area contributed by atoms with Gasteiger partial charge in [-0.15, -0.1) is 0 Å². The Bertz CT molecular complexity index is 482. The molecule has 0 aromatic heterocycles. The van der Waals surface area contributed by atoms with Crippen LogP contribution in [0.1, 0.15) is 6.92 Å². The molecular weight excluding hydrogens is 234 g/mol. The molecular formula is C9H11NO5S. The predicted octanol–water partition coefficient (Wildman–Crippen LogP) is 1.50. The van der Waals surface area contributed by atoms with Crippen LogP contribution in [0, 0.1) is 0 Å². The third kappa shape index (κ3) is 3.52. The molecule has 0 saturated heterocycles. The molecule has 1 aromatic carbocycles. The smallest absolute Gasteiger partial charge is 0.411 e. The van der Waals surface area contributed by atoms with E-state index in [1.54, 1.807) is 6.92 Å². The summed E-state index contributed by atoms with van der Waals surface area (Å²) in [7, 11) is -4.27. The van der Waals surface area contributed by atoms with E-state index in [-0.39, 0.29) is 17.2 Å². The molecule has 0 saturated carbocycles. The topological polar surface area (TPSA) is 92.7 Å². The number of hydrogen-bond donors (Lipinski definition) is 2. The standard InChI is InChI=1S/C9H11NO5S/c1-2-15-9(11)10-7-4-3-5-8(6-7)16(12,13)14/h3-6H,2H2,1H3,(H,10,11)(H,12,13,14). The summed E-state index contributed by atoms with van der Waals surface area (Å²) in [6.07, 6.45) is -0.685. The van der Waals surface area contributed by atoms with Crippen molar-refractivity contribution in [3.05, 3.63) is 24.3 Å². The largest absolute Gasteiger partial charge is 0.450 e. The van der Waals surface area contributed by atoms with Crippen LogP contribution in [-0.2, 0) is 14.9 Å². The lowest BCUT2D eigenvalue weighted by molar-refractivity contribution is 0.168. The molecule has 16 heavy (non-hydrogen) atoms. The maximum absolute atomic E-state index is 11.0. The van der Waals surface area contributed by atoms with Gasteiger partial charge in [-0.3, -0.25) is 9.87 Å². The molecule has 0 aliphatic rings. The lowest BCUT2D eigenvalue weighted by Crippen LogP contribution is -2.13. The maximum Gasteiger partial charge on any atom is 0.411 e. The van der Waals surface area contributed by atoms with E-state index in [0.717, 1.165) is 6.07 Å². The van der Waals surface area contributed by atoms with Crippen LogP contribution in [0.2, 0.25) is 0 Å². The molecule has 0 spiro atoms. The quantitative estimate of drug-likeness (QED) is 0.787. The fourth-order valence-electron chi connectivity index (χ4n) is 1.02. The Morgan fingerprint density at radius 1 is 1.50 bits per heavy atom. The number of amides is 1. The van der Waals surface area contributed by atoms with Gasteiger partial charge in [0.2, 0.25) is 0 Å². The maximum atomic E-state index is 11.0. The highest BCUT2D eigenvalue weighted by Gasteiger charge is 2.10. The van der Waals surface area contributed by atoms with Gasteiger partial charge in [-0.2, -0.15) is 8.42 Å². The van der Waals surface area contributed by atoms with Gasteiger partial charge in [-0.05, 0) is 25.1 Å². The zero-order chi connectivity index (χ0) is 12.2. The number of hydrogen-bond acceptors (Lipinski definition) is 4. The summed E-state index contributed by atoms with van der Waals surface area (Å²) in [5.74, 6) is 0. The Hall–Kier alpha value is -1.60. The highest BCUT2D eigenvalue weighted by atomic mass is 32.2. The highest BCUT2D eigenvalue weighted by molar-refractivity contribution is 7.85. The summed E-state index contributed by atoms with van der Waals surface area (Å²) < 4.78 is 35.0. The van der Waals surface area contributed by atoms with Gasteiger partial charge in [0.25, 0.3) is 10.1 Å². The van der Waals surface area contributed by atoms with Gasteiger partial charge in [0.05, 0.1) is 11.5 Å². The fourth-order valence-corrected chi connectivity index (χ4v) is 1.55. The average molecular weight is 245 g/mol. The number of benzene rings is 1. The molecule has 0 aliphatic carbocycles. The van der Waals surface area contributed by atoms with Crippen molar-refractivity contribution in [3.8, 4) is 0 Å². The van der Waals surface area contributed by atoms with Gasteiger partial charge < -0.3 is 4.74 Å². The molecule has 88 valence electrons. The molecule has 1 rings (SSSR count).